The van der Waals surface area contributed by atoms with Crippen molar-refractivity contribution in [2.45, 2.75) is 17.4 Å². The first-order valence-corrected chi connectivity index (χ1v) is 5.31. The molecule has 0 radical (unpaired) electrons. The average molecular weight is 295 g/mol. The van der Waals surface area contributed by atoms with Crippen LogP contribution < -0.4 is 9.47 Å². The molecule has 0 saturated heterocycles. The Morgan fingerprint density at radius 2 is 1.94 bits per heavy atom. The fraction of sp³-hybridized carbons (Fsp3) is 0.400. The van der Waals surface area contributed by atoms with Crippen molar-refractivity contribution in [3.8, 4) is 11.5 Å². The van der Waals surface area contributed by atoms with Crippen LogP contribution in [0.4, 0.5) is 8.78 Å². The predicted octanol–water partition coefficient (Wildman–Crippen LogP) is 2.61. The van der Waals surface area contributed by atoms with Crippen molar-refractivity contribution in [3.05, 3.63) is 23.8 Å². The van der Waals surface area contributed by atoms with Gasteiger partial charge in [0.05, 0.1) is 0 Å². The maximum atomic E-state index is 13.1. The zero-order valence-corrected chi connectivity index (χ0v) is 9.92. The highest BCUT2D eigenvalue weighted by atomic mass is 79.9. The lowest BCUT2D eigenvalue weighted by atomic mass is 9.96. The molecule has 3 nitrogen and oxygen atoms in total. The van der Waals surface area contributed by atoms with Crippen LogP contribution in [0.5, 0.6) is 11.5 Å². The van der Waals surface area contributed by atoms with Gasteiger partial charge in [-0.1, -0.05) is 6.07 Å². The van der Waals surface area contributed by atoms with Crippen molar-refractivity contribution in [2.75, 3.05) is 6.79 Å². The Kier molecular flexibility index (Phi) is 2.58. The molecule has 1 unspecified atom stereocenters. The standard InChI is InChI=1S/C10H9BrF2O3/c1-9(14,10(11,12)13)6-2-3-7-8(4-6)16-5-15-7/h2-4,14H,5H2,1H3. The maximum Gasteiger partial charge on any atom is 0.333 e. The summed E-state index contributed by atoms with van der Waals surface area (Å²) in [5, 5.41) is 9.76. The fourth-order valence-corrected chi connectivity index (χ4v) is 1.59. The van der Waals surface area contributed by atoms with Gasteiger partial charge in [0.15, 0.2) is 17.1 Å². The summed E-state index contributed by atoms with van der Waals surface area (Å²) in [5.74, 6) is 0.840. The topological polar surface area (TPSA) is 38.7 Å². The van der Waals surface area contributed by atoms with Gasteiger partial charge in [-0.2, -0.15) is 8.78 Å². The van der Waals surface area contributed by atoms with Crippen LogP contribution in [-0.4, -0.2) is 16.7 Å². The van der Waals surface area contributed by atoms with Crippen molar-refractivity contribution < 1.29 is 23.4 Å². The lowest BCUT2D eigenvalue weighted by Crippen LogP contribution is -2.37. The predicted molar refractivity (Wildman–Crippen MR) is 56.0 cm³/mol. The van der Waals surface area contributed by atoms with Gasteiger partial charge >= 0.3 is 4.83 Å². The van der Waals surface area contributed by atoms with E-state index >= 15 is 0 Å². The van der Waals surface area contributed by atoms with Gasteiger partial charge in [-0.3, -0.25) is 0 Å². The zero-order chi connectivity index (χ0) is 12.0. The summed E-state index contributed by atoms with van der Waals surface area (Å²) in [4.78, 5) is -3.42. The molecule has 0 saturated carbocycles. The van der Waals surface area contributed by atoms with E-state index in [4.69, 9.17) is 9.47 Å². The lowest BCUT2D eigenvalue weighted by molar-refractivity contribution is -0.109. The Morgan fingerprint density at radius 1 is 1.31 bits per heavy atom. The second-order valence-electron chi connectivity index (χ2n) is 3.64. The van der Waals surface area contributed by atoms with Crippen molar-refractivity contribution in [2.24, 2.45) is 0 Å². The van der Waals surface area contributed by atoms with Gasteiger partial charge in [-0.15, -0.1) is 0 Å². The third-order valence-electron chi connectivity index (χ3n) is 2.49. The molecular weight excluding hydrogens is 286 g/mol. The molecule has 1 aromatic rings. The van der Waals surface area contributed by atoms with Crippen molar-refractivity contribution in [1.29, 1.82) is 0 Å². The highest BCUT2D eigenvalue weighted by molar-refractivity contribution is 9.10. The van der Waals surface area contributed by atoms with E-state index in [1.54, 1.807) is 0 Å². The van der Waals surface area contributed by atoms with Gasteiger partial charge in [0, 0.05) is 0 Å². The second-order valence-corrected chi connectivity index (χ2v) is 4.63. The van der Waals surface area contributed by atoms with Gasteiger partial charge in [0.2, 0.25) is 6.79 Å². The van der Waals surface area contributed by atoms with Crippen LogP contribution >= 0.6 is 15.9 Å². The summed E-state index contributed by atoms with van der Waals surface area (Å²) in [6, 6.07) is 4.21. The zero-order valence-electron chi connectivity index (χ0n) is 8.34. The molecule has 0 aliphatic carbocycles. The molecule has 88 valence electrons. The number of fused-ring (bicyclic) bond motifs is 1. The average Bonchev–Trinajstić information content (AvgIpc) is 2.61. The highest BCUT2D eigenvalue weighted by Gasteiger charge is 2.48. The van der Waals surface area contributed by atoms with Gasteiger partial charge < -0.3 is 14.6 Å². The number of aliphatic hydroxyl groups is 1. The Morgan fingerprint density at radius 3 is 2.56 bits per heavy atom. The third kappa shape index (κ3) is 1.76. The van der Waals surface area contributed by atoms with E-state index in [2.05, 4.69) is 15.9 Å². The van der Waals surface area contributed by atoms with Crippen LogP contribution in [-0.2, 0) is 5.60 Å². The Hall–Kier alpha value is -0.880. The summed E-state index contributed by atoms with van der Waals surface area (Å²) in [7, 11) is 0. The molecule has 1 atom stereocenters. The summed E-state index contributed by atoms with van der Waals surface area (Å²) >= 11 is 2.16. The van der Waals surface area contributed by atoms with Crippen LogP contribution in [0.15, 0.2) is 18.2 Å². The largest absolute Gasteiger partial charge is 0.454 e. The van der Waals surface area contributed by atoms with E-state index in [9.17, 15) is 13.9 Å². The normalized spacial score (nSPS) is 18.3. The third-order valence-corrected chi connectivity index (χ3v) is 3.26. The fourth-order valence-electron chi connectivity index (χ4n) is 1.36. The molecule has 2 rings (SSSR count). The van der Waals surface area contributed by atoms with Crippen LogP contribution in [0, 0.1) is 0 Å². The first-order chi connectivity index (χ1) is 7.32. The quantitative estimate of drug-likeness (QED) is 0.852. The molecule has 1 N–H and O–H groups in total. The first kappa shape index (κ1) is 11.6. The maximum absolute atomic E-state index is 13.1. The number of alkyl halides is 3. The van der Waals surface area contributed by atoms with E-state index in [-0.39, 0.29) is 12.4 Å². The SMILES string of the molecule is CC(O)(c1ccc2c(c1)OCO2)C(F)(F)Br. The number of ether oxygens (including phenoxy) is 2. The second kappa shape index (κ2) is 3.56. The van der Waals surface area contributed by atoms with E-state index in [0.29, 0.717) is 11.5 Å². The minimum Gasteiger partial charge on any atom is -0.454 e. The van der Waals surface area contributed by atoms with Gasteiger partial charge in [0.25, 0.3) is 0 Å². The number of halogens is 3. The Bertz CT molecular complexity index is 415. The summed E-state index contributed by atoms with van der Waals surface area (Å²) in [6.45, 7) is 1.09. The number of benzene rings is 1. The minimum absolute atomic E-state index is 0.0543. The molecule has 0 fully saturated rings. The Labute approximate surface area is 99.1 Å². The van der Waals surface area contributed by atoms with Crippen molar-refractivity contribution in [1.82, 2.24) is 0 Å². The van der Waals surface area contributed by atoms with Crippen LogP contribution in [0.2, 0.25) is 0 Å². The molecule has 0 aromatic heterocycles. The minimum atomic E-state index is -3.42. The summed E-state index contributed by atoms with van der Waals surface area (Å²) < 4.78 is 36.4. The van der Waals surface area contributed by atoms with Gasteiger partial charge in [-0.25, -0.2) is 0 Å². The molecule has 1 aliphatic rings. The molecule has 16 heavy (non-hydrogen) atoms. The summed E-state index contributed by atoms with van der Waals surface area (Å²) in [6.07, 6.45) is 0. The monoisotopic (exact) mass is 294 g/mol. The first-order valence-electron chi connectivity index (χ1n) is 4.51. The van der Waals surface area contributed by atoms with E-state index < -0.39 is 10.4 Å². The molecule has 1 aliphatic heterocycles. The van der Waals surface area contributed by atoms with E-state index in [0.717, 1.165) is 6.92 Å². The number of rotatable bonds is 2. The number of hydrogen-bond acceptors (Lipinski definition) is 3. The van der Waals surface area contributed by atoms with Crippen molar-refractivity contribution >= 4 is 15.9 Å². The van der Waals surface area contributed by atoms with E-state index in [1.807, 2.05) is 0 Å². The van der Waals surface area contributed by atoms with Gasteiger partial charge in [-0.05, 0) is 40.5 Å². The van der Waals surface area contributed by atoms with E-state index in [1.165, 1.54) is 18.2 Å². The Balaban J connectivity index is 2.42. The number of hydrogen-bond donors (Lipinski definition) is 1. The van der Waals surface area contributed by atoms with Crippen molar-refractivity contribution in [3.63, 3.8) is 0 Å². The molecule has 0 spiro atoms. The van der Waals surface area contributed by atoms with Crippen LogP contribution in [0.1, 0.15) is 12.5 Å². The smallest absolute Gasteiger partial charge is 0.333 e. The highest BCUT2D eigenvalue weighted by Crippen LogP contribution is 2.44. The molecule has 6 heteroatoms. The molecule has 1 aromatic carbocycles. The van der Waals surface area contributed by atoms with Gasteiger partial charge in [0.1, 0.15) is 0 Å². The molecule has 0 amide bonds. The molecular formula is C10H9BrF2O3. The van der Waals surface area contributed by atoms with Crippen LogP contribution in [0.3, 0.4) is 0 Å². The van der Waals surface area contributed by atoms with Crippen LogP contribution in [0.25, 0.3) is 0 Å². The summed E-state index contributed by atoms with van der Waals surface area (Å²) in [5.41, 5.74) is -2.26. The lowest BCUT2D eigenvalue weighted by Gasteiger charge is -2.28. The molecule has 0 bridgehead atoms. The molecule has 1 heterocycles.